The largest absolute Gasteiger partial charge is 0.399 e. The maximum Gasteiger partial charge on any atom is 0.0389 e. The van der Waals surface area contributed by atoms with Gasteiger partial charge in [-0.15, -0.1) is 0 Å². The highest BCUT2D eigenvalue weighted by molar-refractivity contribution is 5.57. The highest BCUT2D eigenvalue weighted by Gasteiger charge is 2.28. The zero-order valence-corrected chi connectivity index (χ0v) is 8.74. The van der Waals surface area contributed by atoms with Crippen molar-refractivity contribution in [1.29, 1.82) is 0 Å². The Kier molecular flexibility index (Phi) is 2.62. The van der Waals surface area contributed by atoms with Crippen LogP contribution >= 0.6 is 0 Å². The second kappa shape index (κ2) is 3.91. The zero-order valence-electron chi connectivity index (χ0n) is 8.74. The molecule has 0 aromatic heterocycles. The Morgan fingerprint density at radius 1 is 1.43 bits per heavy atom. The van der Waals surface area contributed by atoms with Crippen LogP contribution in [0.3, 0.4) is 0 Å². The number of benzene rings is 1. The molecule has 0 heterocycles. The van der Waals surface area contributed by atoms with Gasteiger partial charge in [-0.25, -0.2) is 0 Å². The van der Waals surface area contributed by atoms with Gasteiger partial charge in [0.15, 0.2) is 0 Å². The van der Waals surface area contributed by atoms with Crippen molar-refractivity contribution in [1.82, 2.24) is 0 Å². The molecule has 1 aliphatic carbocycles. The number of hydrogen-bond acceptors (Lipinski definition) is 2. The van der Waals surface area contributed by atoms with Crippen LogP contribution in [0.25, 0.3) is 0 Å². The summed E-state index contributed by atoms with van der Waals surface area (Å²) in [5.74, 6) is 0. The fourth-order valence-corrected chi connectivity index (χ4v) is 1.85. The number of nitrogen functional groups attached to an aromatic ring is 1. The molecule has 1 aliphatic rings. The van der Waals surface area contributed by atoms with Crippen molar-refractivity contribution < 1.29 is 0 Å². The van der Waals surface area contributed by atoms with Crippen molar-refractivity contribution in [2.24, 2.45) is 0 Å². The van der Waals surface area contributed by atoms with Crippen molar-refractivity contribution in [3.63, 3.8) is 0 Å². The van der Waals surface area contributed by atoms with E-state index in [1.54, 1.807) is 0 Å². The molecular formula is C12H18N2. The fourth-order valence-electron chi connectivity index (χ4n) is 1.85. The van der Waals surface area contributed by atoms with Gasteiger partial charge in [0.2, 0.25) is 0 Å². The van der Waals surface area contributed by atoms with E-state index in [1.807, 2.05) is 12.1 Å². The number of hydrogen-bond donors (Lipinski definition) is 1. The van der Waals surface area contributed by atoms with Crippen LogP contribution in [0, 0.1) is 0 Å². The van der Waals surface area contributed by atoms with Gasteiger partial charge in [0.05, 0.1) is 0 Å². The first-order valence-electron chi connectivity index (χ1n) is 5.43. The Balaban J connectivity index is 2.16. The van der Waals surface area contributed by atoms with Crippen LogP contribution in [-0.4, -0.2) is 12.6 Å². The molecular weight excluding hydrogens is 172 g/mol. The Labute approximate surface area is 85.7 Å². The lowest BCUT2D eigenvalue weighted by Crippen LogP contribution is -2.26. The molecule has 1 aromatic carbocycles. The van der Waals surface area contributed by atoms with E-state index in [1.165, 1.54) is 24.9 Å². The molecule has 0 radical (unpaired) electrons. The van der Waals surface area contributed by atoms with Gasteiger partial charge in [-0.3, -0.25) is 0 Å². The van der Waals surface area contributed by atoms with E-state index in [2.05, 4.69) is 24.0 Å². The Morgan fingerprint density at radius 2 is 2.21 bits per heavy atom. The van der Waals surface area contributed by atoms with E-state index in [4.69, 9.17) is 5.73 Å². The molecule has 2 nitrogen and oxygen atoms in total. The summed E-state index contributed by atoms with van der Waals surface area (Å²) in [7, 11) is 0. The number of rotatable bonds is 4. The average Bonchev–Trinajstić information content (AvgIpc) is 2.97. The van der Waals surface area contributed by atoms with Crippen LogP contribution in [0.15, 0.2) is 24.3 Å². The normalized spacial score (nSPS) is 15.5. The average molecular weight is 190 g/mol. The maximum atomic E-state index is 5.79. The minimum atomic E-state index is 0.775. The van der Waals surface area contributed by atoms with Crippen molar-refractivity contribution in [2.75, 3.05) is 17.2 Å². The van der Waals surface area contributed by atoms with Gasteiger partial charge in [-0.05, 0) is 37.5 Å². The van der Waals surface area contributed by atoms with Crippen molar-refractivity contribution in [3.05, 3.63) is 24.3 Å². The van der Waals surface area contributed by atoms with Gasteiger partial charge < -0.3 is 10.6 Å². The maximum absolute atomic E-state index is 5.79. The van der Waals surface area contributed by atoms with Crippen molar-refractivity contribution >= 4 is 11.4 Å². The molecule has 2 rings (SSSR count). The minimum Gasteiger partial charge on any atom is -0.399 e. The second-order valence-electron chi connectivity index (χ2n) is 4.02. The molecule has 0 unspecified atom stereocenters. The molecule has 76 valence electrons. The standard InChI is InChI=1S/C12H18N2/c1-2-8-14(11-6-7-11)12-5-3-4-10(13)9-12/h3-5,9,11H,2,6-8,13H2,1H3. The van der Waals surface area contributed by atoms with Crippen LogP contribution in [0.1, 0.15) is 26.2 Å². The van der Waals surface area contributed by atoms with Gasteiger partial charge in [0.1, 0.15) is 0 Å². The highest BCUT2D eigenvalue weighted by Crippen LogP contribution is 2.32. The predicted octanol–water partition coefficient (Wildman–Crippen LogP) is 2.65. The van der Waals surface area contributed by atoms with Gasteiger partial charge in [0, 0.05) is 24.0 Å². The molecule has 1 fully saturated rings. The first kappa shape index (κ1) is 9.38. The third-order valence-electron chi connectivity index (χ3n) is 2.65. The monoisotopic (exact) mass is 190 g/mol. The second-order valence-corrected chi connectivity index (χ2v) is 4.02. The SMILES string of the molecule is CCCN(c1cccc(N)c1)C1CC1. The quantitative estimate of drug-likeness (QED) is 0.739. The lowest BCUT2D eigenvalue weighted by Gasteiger charge is -2.24. The van der Waals surface area contributed by atoms with Gasteiger partial charge in [-0.2, -0.15) is 0 Å². The number of anilines is 2. The van der Waals surface area contributed by atoms with E-state index in [-0.39, 0.29) is 0 Å². The summed E-state index contributed by atoms with van der Waals surface area (Å²) in [6.45, 7) is 3.37. The molecule has 2 heteroatoms. The van der Waals surface area contributed by atoms with E-state index < -0.39 is 0 Å². The summed E-state index contributed by atoms with van der Waals surface area (Å²) in [6, 6.07) is 8.99. The van der Waals surface area contributed by atoms with Crippen LogP contribution < -0.4 is 10.6 Å². The highest BCUT2D eigenvalue weighted by atomic mass is 15.2. The van der Waals surface area contributed by atoms with Crippen molar-refractivity contribution in [3.8, 4) is 0 Å². The third-order valence-corrected chi connectivity index (χ3v) is 2.65. The Morgan fingerprint density at radius 3 is 2.79 bits per heavy atom. The third kappa shape index (κ3) is 2.00. The molecule has 2 N–H and O–H groups in total. The lowest BCUT2D eigenvalue weighted by molar-refractivity contribution is 0.763. The molecule has 1 aromatic rings. The van der Waals surface area contributed by atoms with Crippen LogP contribution in [-0.2, 0) is 0 Å². The lowest BCUT2D eigenvalue weighted by atomic mass is 10.2. The molecule has 0 spiro atoms. The van der Waals surface area contributed by atoms with Gasteiger partial charge in [-0.1, -0.05) is 13.0 Å². The first-order chi connectivity index (χ1) is 6.81. The van der Waals surface area contributed by atoms with E-state index in [9.17, 15) is 0 Å². The molecule has 0 bridgehead atoms. The summed E-state index contributed by atoms with van der Waals surface area (Å²) >= 11 is 0. The summed E-state index contributed by atoms with van der Waals surface area (Å²) in [4.78, 5) is 2.48. The summed E-state index contributed by atoms with van der Waals surface area (Å²) in [5, 5.41) is 0. The van der Waals surface area contributed by atoms with E-state index in [0.717, 1.165) is 18.3 Å². The fraction of sp³-hybridized carbons (Fsp3) is 0.500. The zero-order chi connectivity index (χ0) is 9.97. The van der Waals surface area contributed by atoms with Gasteiger partial charge in [0.25, 0.3) is 0 Å². The first-order valence-corrected chi connectivity index (χ1v) is 5.43. The topological polar surface area (TPSA) is 29.3 Å². The smallest absolute Gasteiger partial charge is 0.0389 e. The molecule has 0 atom stereocenters. The molecule has 0 aliphatic heterocycles. The summed E-state index contributed by atoms with van der Waals surface area (Å²) in [5.41, 5.74) is 7.94. The van der Waals surface area contributed by atoms with E-state index >= 15 is 0 Å². The minimum absolute atomic E-state index is 0.775. The molecule has 0 amide bonds. The molecule has 14 heavy (non-hydrogen) atoms. The Bertz CT molecular complexity index is 305. The molecule has 0 saturated heterocycles. The van der Waals surface area contributed by atoms with Crippen molar-refractivity contribution in [2.45, 2.75) is 32.2 Å². The van der Waals surface area contributed by atoms with Crippen LogP contribution in [0.2, 0.25) is 0 Å². The summed E-state index contributed by atoms with van der Waals surface area (Å²) < 4.78 is 0. The van der Waals surface area contributed by atoms with Crippen LogP contribution in [0.5, 0.6) is 0 Å². The number of nitrogens with zero attached hydrogens (tertiary/aromatic N) is 1. The van der Waals surface area contributed by atoms with Gasteiger partial charge >= 0.3 is 0 Å². The van der Waals surface area contributed by atoms with E-state index in [0.29, 0.717) is 0 Å². The summed E-state index contributed by atoms with van der Waals surface area (Å²) in [6.07, 6.45) is 3.88. The predicted molar refractivity (Wildman–Crippen MR) is 61.5 cm³/mol. The Hall–Kier alpha value is -1.18. The number of nitrogens with two attached hydrogens (primary N) is 1. The molecule has 1 saturated carbocycles. The van der Waals surface area contributed by atoms with Crippen LogP contribution in [0.4, 0.5) is 11.4 Å².